The minimum absolute atomic E-state index is 0.0162. The third-order valence-corrected chi connectivity index (χ3v) is 7.27. The third-order valence-electron chi connectivity index (χ3n) is 7.27. The maximum atomic E-state index is 14.2. The summed E-state index contributed by atoms with van der Waals surface area (Å²) in [6.07, 6.45) is -15.6. The van der Waals surface area contributed by atoms with Crippen molar-refractivity contribution in [3.63, 3.8) is 0 Å². The summed E-state index contributed by atoms with van der Waals surface area (Å²) in [5.41, 5.74) is 0.126. The number of ether oxygens (including phenoxy) is 1. The van der Waals surface area contributed by atoms with Crippen molar-refractivity contribution in [3.05, 3.63) is 64.7 Å². The molecule has 0 saturated carbocycles. The van der Waals surface area contributed by atoms with E-state index in [0.717, 1.165) is 0 Å². The zero-order valence-electron chi connectivity index (χ0n) is 25.3. The molecule has 0 aliphatic carbocycles. The Kier molecular flexibility index (Phi) is 11.0. The van der Waals surface area contributed by atoms with Gasteiger partial charge in [0.15, 0.2) is 5.78 Å². The topological polar surface area (TPSA) is 26.3 Å². The molecule has 0 aliphatic rings. The molecule has 2 rings (SSSR count). The predicted molar refractivity (Wildman–Crippen MR) is 127 cm³/mol. The third kappa shape index (κ3) is 6.23. The molecule has 2 aromatic carbocycles. The van der Waals surface area contributed by atoms with Gasteiger partial charge < -0.3 is 4.74 Å². The summed E-state index contributed by atoms with van der Waals surface area (Å²) < 4.78 is 344. The second kappa shape index (κ2) is 12.9. The van der Waals surface area contributed by atoms with Crippen LogP contribution in [0.2, 0.25) is 0 Å². The van der Waals surface area contributed by atoms with Gasteiger partial charge in [0.2, 0.25) is 0 Å². The minimum atomic E-state index is -9.66. The van der Waals surface area contributed by atoms with E-state index in [2.05, 4.69) is 4.74 Å². The van der Waals surface area contributed by atoms with Crippen molar-refractivity contribution >= 4 is 5.78 Å². The van der Waals surface area contributed by atoms with E-state index in [4.69, 9.17) is 0 Å². The first-order valence-electron chi connectivity index (χ1n) is 13.1. The fourth-order valence-corrected chi connectivity index (χ4v) is 3.96. The monoisotopic (exact) mass is 844 g/mol. The molecule has 0 unspecified atom stereocenters. The Balaban J connectivity index is 2.59. The van der Waals surface area contributed by atoms with Crippen LogP contribution in [0.4, 0.5) is 110 Å². The van der Waals surface area contributed by atoms with Crippen LogP contribution in [0.25, 0.3) is 0 Å². The lowest BCUT2D eigenvalue weighted by molar-refractivity contribution is -0.486. The lowest BCUT2D eigenvalue weighted by Gasteiger charge is -2.45. The molecule has 0 aliphatic heterocycles. The zero-order valence-corrected chi connectivity index (χ0v) is 25.3. The van der Waals surface area contributed by atoms with Gasteiger partial charge in [-0.2, -0.15) is 110 Å². The average Bonchev–Trinajstić information content (AvgIpc) is 3.00. The highest BCUT2D eigenvalue weighted by Crippen LogP contribution is 2.67. The number of alkyl halides is 25. The summed E-state index contributed by atoms with van der Waals surface area (Å²) in [5, 5.41) is 0. The number of benzene rings is 2. The largest absolute Gasteiger partial charge is 0.471 e. The molecule has 308 valence electrons. The maximum Gasteiger partial charge on any atom is 0.471 e. The van der Waals surface area contributed by atoms with Gasteiger partial charge in [-0.1, -0.05) is 17.7 Å². The molecule has 0 atom stereocenters. The van der Waals surface area contributed by atoms with Gasteiger partial charge in [0.05, 0.1) is 0 Å². The molecular weight excluding hydrogens is 831 g/mol. The van der Waals surface area contributed by atoms with Gasteiger partial charge in [-0.3, -0.25) is 4.79 Å². The van der Waals surface area contributed by atoms with Crippen molar-refractivity contribution in [1.29, 1.82) is 0 Å². The van der Waals surface area contributed by atoms with Gasteiger partial charge in [-0.25, -0.2) is 0 Å². The number of rotatable bonds is 14. The molecule has 0 aromatic heterocycles. The van der Waals surface area contributed by atoms with E-state index in [1.807, 2.05) is 0 Å². The fraction of sp³-hybridized carbons (Fsp3) is 0.519. The van der Waals surface area contributed by atoms with Crippen LogP contribution in [-0.4, -0.2) is 77.3 Å². The normalized spacial score (nSPS) is 15.4. The Bertz CT molecular complexity index is 1710. The lowest BCUT2D eigenvalue weighted by Crippen LogP contribution is -2.78. The Morgan fingerprint density at radius 2 is 0.741 bits per heavy atom. The highest BCUT2D eigenvalue weighted by molar-refractivity contribution is 6.10. The van der Waals surface area contributed by atoms with Crippen molar-refractivity contribution in [2.45, 2.75) is 85.4 Å². The molecule has 0 amide bonds. The summed E-state index contributed by atoms with van der Waals surface area (Å²) in [6.45, 7) is 2.86. The summed E-state index contributed by atoms with van der Waals surface area (Å²) in [5.74, 6) is -95.3. The predicted octanol–water partition coefficient (Wildman–Crippen LogP) is 11.4. The quantitative estimate of drug-likeness (QED) is 0.140. The molecule has 27 heteroatoms. The number of hydrogen-bond donors (Lipinski definition) is 0. The molecule has 0 N–H and O–H groups in total. The summed E-state index contributed by atoms with van der Waals surface area (Å²) in [4.78, 5) is 12.6. The first-order valence-corrected chi connectivity index (χ1v) is 13.1. The Labute approximate surface area is 281 Å². The van der Waals surface area contributed by atoms with Crippen molar-refractivity contribution in [2.24, 2.45) is 0 Å². The molecule has 0 spiro atoms. The second-order valence-electron chi connectivity index (χ2n) is 11.0. The minimum Gasteiger partial charge on any atom is -0.428 e. The molecular formula is C27H13F25O2. The standard InChI is InChI=1S/C27H13F25O2/c1-10-3-4-11(2)14(9-10)15(53)12-5-7-13(8-6-12)54-27(51,52)25(46,47)23(42,43)21(38,39)19(34,35)17(30,31)16(28,29)18(32,33)20(36,37)22(40,41)24(44,45)26(48,49)50/h3-9H,1-2H3. The molecule has 0 radical (unpaired) electrons. The summed E-state index contributed by atoms with van der Waals surface area (Å²) in [6, 6.07) is 5.02. The molecule has 2 nitrogen and oxygen atoms in total. The van der Waals surface area contributed by atoms with Crippen LogP contribution < -0.4 is 4.74 Å². The number of hydrogen-bond acceptors (Lipinski definition) is 2. The number of carbonyl (C=O) groups excluding carboxylic acids is 1. The van der Waals surface area contributed by atoms with Crippen LogP contribution in [0.5, 0.6) is 5.75 Å². The molecule has 2 aromatic rings. The van der Waals surface area contributed by atoms with Gasteiger partial charge >= 0.3 is 71.5 Å². The molecule has 0 bridgehead atoms. The van der Waals surface area contributed by atoms with Gasteiger partial charge in [0.25, 0.3) is 0 Å². The highest BCUT2D eigenvalue weighted by atomic mass is 19.4. The van der Waals surface area contributed by atoms with Crippen LogP contribution in [0.15, 0.2) is 42.5 Å². The van der Waals surface area contributed by atoms with E-state index in [0.29, 0.717) is 17.7 Å². The number of carbonyl (C=O) groups is 1. The van der Waals surface area contributed by atoms with E-state index < -0.39 is 88.6 Å². The van der Waals surface area contributed by atoms with Crippen molar-refractivity contribution in [1.82, 2.24) is 0 Å². The van der Waals surface area contributed by atoms with Crippen LogP contribution in [0.3, 0.4) is 0 Å². The second-order valence-corrected chi connectivity index (χ2v) is 11.0. The first kappa shape index (κ1) is 46.3. The summed E-state index contributed by atoms with van der Waals surface area (Å²) in [7, 11) is 0. The Morgan fingerprint density at radius 3 is 1.07 bits per heavy atom. The Hall–Kier alpha value is -3.84. The van der Waals surface area contributed by atoms with E-state index in [1.165, 1.54) is 32.0 Å². The highest BCUT2D eigenvalue weighted by Gasteiger charge is 2.99. The average molecular weight is 844 g/mol. The van der Waals surface area contributed by atoms with Crippen LogP contribution in [0, 0.1) is 13.8 Å². The smallest absolute Gasteiger partial charge is 0.428 e. The zero-order chi connectivity index (χ0) is 43.1. The van der Waals surface area contributed by atoms with E-state index in [1.54, 1.807) is 0 Å². The van der Waals surface area contributed by atoms with E-state index in [9.17, 15) is 115 Å². The number of aryl methyl sites for hydroxylation is 2. The summed E-state index contributed by atoms with van der Waals surface area (Å²) >= 11 is 0. The fourth-order valence-electron chi connectivity index (χ4n) is 3.96. The van der Waals surface area contributed by atoms with Crippen LogP contribution in [-0.2, 0) is 0 Å². The molecule has 0 heterocycles. The van der Waals surface area contributed by atoms with Crippen LogP contribution >= 0.6 is 0 Å². The SMILES string of the molecule is Cc1ccc(C)c(C(=O)c2ccc(OC(F)(F)C(F)(F)C(F)(F)C(F)(F)C(F)(F)C(F)(F)C(F)(F)C(F)(F)C(F)(F)C(F)(F)C(F)(F)C(F)(F)F)cc2)c1. The van der Waals surface area contributed by atoms with Crippen molar-refractivity contribution in [3.8, 4) is 5.75 Å². The van der Waals surface area contributed by atoms with Crippen molar-refractivity contribution < 1.29 is 119 Å². The number of ketones is 1. The van der Waals surface area contributed by atoms with Gasteiger partial charge in [-0.15, -0.1) is 0 Å². The van der Waals surface area contributed by atoms with Crippen LogP contribution in [0.1, 0.15) is 27.0 Å². The van der Waals surface area contributed by atoms with E-state index >= 15 is 0 Å². The van der Waals surface area contributed by atoms with Gasteiger partial charge in [0, 0.05) is 11.1 Å². The molecule has 54 heavy (non-hydrogen) atoms. The maximum absolute atomic E-state index is 14.2. The van der Waals surface area contributed by atoms with E-state index in [-0.39, 0.29) is 23.3 Å². The van der Waals surface area contributed by atoms with Crippen molar-refractivity contribution in [2.75, 3.05) is 0 Å². The first-order chi connectivity index (χ1) is 23.5. The molecule has 0 fully saturated rings. The Morgan fingerprint density at radius 1 is 0.426 bits per heavy atom. The lowest BCUT2D eigenvalue weighted by atomic mass is 9.85. The number of halogens is 25. The van der Waals surface area contributed by atoms with Gasteiger partial charge in [0.1, 0.15) is 5.75 Å². The van der Waals surface area contributed by atoms with Gasteiger partial charge in [-0.05, 0) is 49.7 Å². The molecule has 0 saturated heterocycles.